The SMILES string of the molecule is CC(=O)Nc1ccc(NC(=O)CS(=O)c2ccc(SC(F)(F)F)cc2[N+](=O)[O-])cc1. The largest absolute Gasteiger partial charge is 0.446 e. The molecule has 1 unspecified atom stereocenters. The average Bonchev–Trinajstić information content (AvgIpc) is 2.61. The molecule has 2 amide bonds. The van der Waals surface area contributed by atoms with Gasteiger partial charge in [-0.05, 0) is 48.2 Å². The fraction of sp³-hybridized carbons (Fsp3) is 0.176. The van der Waals surface area contributed by atoms with E-state index >= 15 is 0 Å². The summed E-state index contributed by atoms with van der Waals surface area (Å²) in [7, 11) is -2.16. The van der Waals surface area contributed by atoms with Crippen molar-refractivity contribution in [1.29, 1.82) is 0 Å². The van der Waals surface area contributed by atoms with E-state index < -0.39 is 55.2 Å². The van der Waals surface area contributed by atoms with Crippen molar-refractivity contribution in [3.63, 3.8) is 0 Å². The van der Waals surface area contributed by atoms with Gasteiger partial charge in [-0.15, -0.1) is 0 Å². The fourth-order valence-electron chi connectivity index (χ4n) is 2.26. The summed E-state index contributed by atoms with van der Waals surface area (Å²) < 4.78 is 49.8. The zero-order chi connectivity index (χ0) is 22.5. The molecule has 160 valence electrons. The molecule has 0 heterocycles. The first kappa shape index (κ1) is 23.3. The number of carbonyl (C=O) groups is 2. The highest BCUT2D eigenvalue weighted by atomic mass is 32.2. The quantitative estimate of drug-likeness (QED) is 0.367. The van der Waals surface area contributed by atoms with E-state index in [-0.39, 0.29) is 10.8 Å². The summed E-state index contributed by atoms with van der Waals surface area (Å²) in [6, 6.07) is 8.58. The van der Waals surface area contributed by atoms with Crippen LogP contribution in [-0.4, -0.2) is 32.2 Å². The number of alkyl halides is 3. The van der Waals surface area contributed by atoms with E-state index in [2.05, 4.69) is 10.6 Å². The van der Waals surface area contributed by atoms with Crippen molar-refractivity contribution in [2.24, 2.45) is 0 Å². The summed E-state index contributed by atoms with van der Waals surface area (Å²) >= 11 is -0.536. The van der Waals surface area contributed by atoms with Crippen LogP contribution in [0.2, 0.25) is 0 Å². The minimum atomic E-state index is -4.64. The van der Waals surface area contributed by atoms with Gasteiger partial charge in [0.05, 0.1) is 15.7 Å². The number of halogens is 3. The monoisotopic (exact) mass is 461 g/mol. The second-order valence-corrected chi connectivity index (χ2v) is 8.29. The summed E-state index contributed by atoms with van der Waals surface area (Å²) in [6.45, 7) is 1.33. The molecular weight excluding hydrogens is 447 g/mol. The molecule has 0 aromatic heterocycles. The maximum atomic E-state index is 12.5. The highest BCUT2D eigenvalue weighted by Gasteiger charge is 2.31. The zero-order valence-electron chi connectivity index (χ0n) is 15.2. The third kappa shape index (κ3) is 7.15. The van der Waals surface area contributed by atoms with Gasteiger partial charge in [0, 0.05) is 29.3 Å². The number of carbonyl (C=O) groups excluding carboxylic acids is 2. The number of hydrogen-bond donors (Lipinski definition) is 2. The first-order valence-electron chi connectivity index (χ1n) is 8.04. The molecule has 0 bridgehead atoms. The molecule has 0 spiro atoms. The normalized spacial score (nSPS) is 12.1. The summed E-state index contributed by atoms with van der Waals surface area (Å²) in [5.74, 6) is -1.63. The van der Waals surface area contributed by atoms with Crippen LogP contribution >= 0.6 is 11.8 Å². The number of nitro benzene ring substituents is 1. The van der Waals surface area contributed by atoms with E-state index in [0.29, 0.717) is 17.4 Å². The molecule has 0 aliphatic heterocycles. The predicted octanol–water partition coefficient (Wildman–Crippen LogP) is 3.91. The van der Waals surface area contributed by atoms with Gasteiger partial charge in [0.15, 0.2) is 0 Å². The molecule has 2 rings (SSSR count). The Labute approximate surface area is 174 Å². The molecule has 0 saturated heterocycles. The number of thioether (sulfide) groups is 1. The number of rotatable bonds is 7. The first-order chi connectivity index (χ1) is 13.9. The van der Waals surface area contributed by atoms with Crippen LogP contribution in [0.5, 0.6) is 0 Å². The molecule has 0 aliphatic rings. The van der Waals surface area contributed by atoms with Gasteiger partial charge in [0.1, 0.15) is 10.6 Å². The van der Waals surface area contributed by atoms with Crippen molar-refractivity contribution in [3.8, 4) is 0 Å². The van der Waals surface area contributed by atoms with E-state index in [1.165, 1.54) is 31.2 Å². The number of amides is 2. The third-order valence-electron chi connectivity index (χ3n) is 3.36. The maximum Gasteiger partial charge on any atom is 0.446 e. The van der Waals surface area contributed by atoms with Gasteiger partial charge >= 0.3 is 5.51 Å². The van der Waals surface area contributed by atoms with Gasteiger partial charge < -0.3 is 10.6 Å². The van der Waals surface area contributed by atoms with Gasteiger partial charge in [-0.3, -0.25) is 23.9 Å². The van der Waals surface area contributed by atoms with Crippen LogP contribution in [0.3, 0.4) is 0 Å². The van der Waals surface area contributed by atoms with Crippen molar-refractivity contribution in [2.45, 2.75) is 22.2 Å². The number of anilines is 2. The molecule has 2 aromatic carbocycles. The summed E-state index contributed by atoms with van der Waals surface area (Å²) in [5.41, 5.74) is -4.58. The molecule has 2 N–H and O–H groups in total. The molecule has 0 fully saturated rings. The minimum absolute atomic E-state index is 0.275. The first-order valence-corrected chi connectivity index (χ1v) is 10.2. The lowest BCUT2D eigenvalue weighted by atomic mass is 10.3. The van der Waals surface area contributed by atoms with Crippen LogP contribution in [0, 0.1) is 10.1 Å². The highest BCUT2D eigenvalue weighted by molar-refractivity contribution is 8.00. The fourth-order valence-corrected chi connectivity index (χ4v) is 3.89. The van der Waals surface area contributed by atoms with Crippen LogP contribution in [0.1, 0.15) is 6.92 Å². The Morgan fingerprint density at radius 2 is 1.67 bits per heavy atom. The van der Waals surface area contributed by atoms with Gasteiger partial charge in [0.2, 0.25) is 11.8 Å². The van der Waals surface area contributed by atoms with Crippen LogP contribution < -0.4 is 10.6 Å². The topological polar surface area (TPSA) is 118 Å². The Balaban J connectivity index is 2.10. The highest BCUT2D eigenvalue weighted by Crippen LogP contribution is 2.39. The Morgan fingerprint density at radius 1 is 1.10 bits per heavy atom. The number of nitrogens with zero attached hydrogens (tertiary/aromatic N) is 1. The van der Waals surface area contributed by atoms with Crippen molar-refractivity contribution in [1.82, 2.24) is 0 Å². The lowest BCUT2D eigenvalue weighted by molar-refractivity contribution is -0.388. The van der Waals surface area contributed by atoms with Crippen molar-refractivity contribution in [2.75, 3.05) is 16.4 Å². The van der Waals surface area contributed by atoms with Crippen LogP contribution in [-0.2, 0) is 20.4 Å². The molecule has 0 saturated carbocycles. The molecule has 8 nitrogen and oxygen atoms in total. The Bertz CT molecular complexity index is 997. The summed E-state index contributed by atoms with van der Waals surface area (Å²) in [6.07, 6.45) is 0. The molecule has 0 radical (unpaired) electrons. The standard InChI is InChI=1S/C17H14F3N3O5S2/c1-10(24)21-11-2-4-12(5-3-11)22-16(25)9-30(28)15-7-6-13(29-17(18,19)20)8-14(15)23(26)27/h2-8H,9H2,1H3,(H,21,24)(H,22,25). The maximum absolute atomic E-state index is 12.5. The van der Waals surface area contributed by atoms with E-state index in [1.54, 1.807) is 0 Å². The molecular formula is C17H14F3N3O5S2. The Morgan fingerprint density at radius 3 is 2.17 bits per heavy atom. The second kappa shape index (κ2) is 9.71. The van der Waals surface area contributed by atoms with E-state index in [0.717, 1.165) is 12.1 Å². The van der Waals surface area contributed by atoms with Crippen LogP contribution in [0.4, 0.5) is 30.2 Å². The van der Waals surface area contributed by atoms with Crippen molar-refractivity contribution >= 4 is 51.4 Å². The summed E-state index contributed by atoms with van der Waals surface area (Å²) in [5, 5.41) is 16.2. The van der Waals surface area contributed by atoms with E-state index in [9.17, 15) is 37.1 Å². The number of nitrogens with one attached hydrogen (secondary N) is 2. The van der Waals surface area contributed by atoms with Crippen molar-refractivity contribution in [3.05, 3.63) is 52.6 Å². The Hall–Kier alpha value is -2.93. The van der Waals surface area contributed by atoms with Gasteiger partial charge in [-0.2, -0.15) is 13.2 Å². The number of nitro groups is 1. The Kier molecular flexibility index (Phi) is 7.56. The zero-order valence-corrected chi connectivity index (χ0v) is 16.8. The van der Waals surface area contributed by atoms with Gasteiger partial charge in [-0.1, -0.05) is 0 Å². The second-order valence-electron chi connectivity index (χ2n) is 5.73. The molecule has 13 heteroatoms. The average molecular weight is 461 g/mol. The third-order valence-corrected chi connectivity index (χ3v) is 5.44. The van der Waals surface area contributed by atoms with Crippen LogP contribution in [0.25, 0.3) is 0 Å². The molecule has 0 aliphatic carbocycles. The minimum Gasteiger partial charge on any atom is -0.326 e. The smallest absolute Gasteiger partial charge is 0.326 e. The van der Waals surface area contributed by atoms with E-state index in [1.807, 2.05) is 0 Å². The van der Waals surface area contributed by atoms with E-state index in [4.69, 9.17) is 0 Å². The molecule has 30 heavy (non-hydrogen) atoms. The predicted molar refractivity (Wildman–Crippen MR) is 106 cm³/mol. The molecule has 1 atom stereocenters. The summed E-state index contributed by atoms with van der Waals surface area (Å²) in [4.78, 5) is 32.5. The lowest BCUT2D eigenvalue weighted by Crippen LogP contribution is -2.20. The van der Waals surface area contributed by atoms with Crippen LogP contribution in [0.15, 0.2) is 52.3 Å². The van der Waals surface area contributed by atoms with Gasteiger partial charge in [0.25, 0.3) is 5.69 Å². The number of benzene rings is 2. The number of hydrogen-bond acceptors (Lipinski definition) is 6. The van der Waals surface area contributed by atoms with Crippen molar-refractivity contribution < 1.29 is 31.9 Å². The lowest BCUT2D eigenvalue weighted by Gasteiger charge is -2.09. The van der Waals surface area contributed by atoms with Gasteiger partial charge in [-0.25, -0.2) is 0 Å². The molecule has 2 aromatic rings.